The number of rotatable bonds is 4. The molecule has 2 aromatic heterocycles. The van der Waals surface area contributed by atoms with E-state index in [0.717, 1.165) is 17.4 Å². The van der Waals surface area contributed by atoms with E-state index in [1.165, 1.54) is 5.56 Å². The Morgan fingerprint density at radius 2 is 2.12 bits per heavy atom. The van der Waals surface area contributed by atoms with Gasteiger partial charge in [-0.25, -0.2) is 4.98 Å². The van der Waals surface area contributed by atoms with Crippen LogP contribution >= 0.6 is 11.3 Å². The highest BCUT2D eigenvalue weighted by Crippen LogP contribution is 2.23. The van der Waals surface area contributed by atoms with Crippen molar-refractivity contribution in [1.29, 1.82) is 0 Å². The smallest absolute Gasteiger partial charge is 0.185 e. The molecule has 0 aromatic carbocycles. The maximum atomic E-state index is 5.80. The first-order valence-electron chi connectivity index (χ1n) is 5.48. The number of pyridine rings is 1. The summed E-state index contributed by atoms with van der Waals surface area (Å²) in [6, 6.07) is 4.02. The number of hydrogen-bond donors (Lipinski definition) is 1. The third-order valence-corrected chi connectivity index (χ3v) is 3.45. The molecule has 0 aliphatic heterocycles. The van der Waals surface area contributed by atoms with Gasteiger partial charge in [-0.2, -0.15) is 0 Å². The van der Waals surface area contributed by atoms with Crippen LogP contribution in [0.5, 0.6) is 0 Å². The maximum absolute atomic E-state index is 5.80. The van der Waals surface area contributed by atoms with E-state index in [1.807, 2.05) is 31.5 Å². The number of aromatic nitrogens is 2. The van der Waals surface area contributed by atoms with Crippen molar-refractivity contribution < 1.29 is 0 Å². The molecule has 2 aromatic rings. The van der Waals surface area contributed by atoms with Gasteiger partial charge in [-0.1, -0.05) is 0 Å². The molecule has 2 rings (SSSR count). The molecule has 0 bridgehead atoms. The number of thiazole rings is 1. The van der Waals surface area contributed by atoms with E-state index >= 15 is 0 Å². The Balaban J connectivity index is 2.07. The average Bonchev–Trinajstić information content (AvgIpc) is 2.79. The third kappa shape index (κ3) is 3.01. The molecular weight excluding hydrogens is 232 g/mol. The standard InChI is InChI=1S/C12H16N4S/c1-9(13)11-8-17-12(15-11)16(2)7-10-3-5-14-6-4-10/h3-6,8-9H,7,13H2,1-2H3. The van der Waals surface area contributed by atoms with E-state index in [1.54, 1.807) is 23.7 Å². The molecule has 2 N–H and O–H groups in total. The Labute approximate surface area is 105 Å². The topological polar surface area (TPSA) is 55.0 Å². The van der Waals surface area contributed by atoms with Gasteiger partial charge in [-0.3, -0.25) is 4.98 Å². The Hall–Kier alpha value is -1.46. The molecule has 0 spiro atoms. The summed E-state index contributed by atoms with van der Waals surface area (Å²) in [7, 11) is 2.03. The van der Waals surface area contributed by atoms with Crippen molar-refractivity contribution in [2.45, 2.75) is 19.5 Å². The zero-order chi connectivity index (χ0) is 12.3. The molecule has 0 aliphatic rings. The van der Waals surface area contributed by atoms with Crippen LogP contribution in [0, 0.1) is 0 Å². The molecule has 0 fully saturated rings. The number of nitrogens with two attached hydrogens (primary N) is 1. The minimum atomic E-state index is -0.00525. The van der Waals surface area contributed by atoms with Crippen LogP contribution in [0.3, 0.4) is 0 Å². The summed E-state index contributed by atoms with van der Waals surface area (Å²) in [5.41, 5.74) is 7.97. The van der Waals surface area contributed by atoms with E-state index in [0.29, 0.717) is 0 Å². The molecule has 1 atom stereocenters. The lowest BCUT2D eigenvalue weighted by Crippen LogP contribution is -2.16. The van der Waals surface area contributed by atoms with E-state index in [2.05, 4.69) is 14.9 Å². The van der Waals surface area contributed by atoms with Crippen molar-refractivity contribution in [2.24, 2.45) is 5.73 Å². The molecule has 4 nitrogen and oxygen atoms in total. The summed E-state index contributed by atoms with van der Waals surface area (Å²) in [6.45, 7) is 2.77. The molecule has 0 aliphatic carbocycles. The van der Waals surface area contributed by atoms with Crippen LogP contribution in [0.4, 0.5) is 5.13 Å². The highest BCUT2D eigenvalue weighted by Gasteiger charge is 2.09. The average molecular weight is 248 g/mol. The lowest BCUT2D eigenvalue weighted by molar-refractivity contribution is 0.783. The number of hydrogen-bond acceptors (Lipinski definition) is 5. The molecule has 2 heterocycles. The van der Waals surface area contributed by atoms with Gasteiger partial charge in [0.15, 0.2) is 5.13 Å². The fraction of sp³-hybridized carbons (Fsp3) is 0.333. The molecule has 5 heteroatoms. The largest absolute Gasteiger partial charge is 0.347 e. The van der Waals surface area contributed by atoms with Crippen LogP contribution in [0.15, 0.2) is 29.9 Å². The Bertz CT molecular complexity index is 466. The van der Waals surface area contributed by atoms with E-state index < -0.39 is 0 Å². The lowest BCUT2D eigenvalue weighted by atomic mass is 10.2. The van der Waals surface area contributed by atoms with E-state index in [4.69, 9.17) is 5.73 Å². The second kappa shape index (κ2) is 5.25. The van der Waals surface area contributed by atoms with Gasteiger partial charge in [0.2, 0.25) is 0 Å². The SMILES string of the molecule is CC(N)c1csc(N(C)Cc2ccncc2)n1. The van der Waals surface area contributed by atoms with Gasteiger partial charge in [0.25, 0.3) is 0 Å². The minimum absolute atomic E-state index is 0.00525. The minimum Gasteiger partial charge on any atom is -0.347 e. The summed E-state index contributed by atoms with van der Waals surface area (Å²) in [6.07, 6.45) is 3.61. The van der Waals surface area contributed by atoms with E-state index in [9.17, 15) is 0 Å². The second-order valence-electron chi connectivity index (χ2n) is 4.06. The Morgan fingerprint density at radius 1 is 1.41 bits per heavy atom. The van der Waals surface area contributed by atoms with Gasteiger partial charge in [-0.15, -0.1) is 11.3 Å². The summed E-state index contributed by atoms with van der Waals surface area (Å²) >= 11 is 1.62. The number of anilines is 1. The Kier molecular flexibility index (Phi) is 3.71. The van der Waals surface area contributed by atoms with Crippen molar-refractivity contribution in [3.8, 4) is 0 Å². The van der Waals surface area contributed by atoms with Crippen LogP contribution in [0.2, 0.25) is 0 Å². The molecule has 1 unspecified atom stereocenters. The fourth-order valence-corrected chi connectivity index (χ4v) is 2.39. The lowest BCUT2D eigenvalue weighted by Gasteiger charge is -2.15. The van der Waals surface area contributed by atoms with Crippen LogP contribution in [0.25, 0.3) is 0 Å². The normalized spacial score (nSPS) is 12.4. The van der Waals surface area contributed by atoms with Gasteiger partial charge in [0.1, 0.15) is 0 Å². The molecule has 90 valence electrons. The van der Waals surface area contributed by atoms with Gasteiger partial charge in [0, 0.05) is 37.4 Å². The summed E-state index contributed by atoms with van der Waals surface area (Å²) in [5, 5.41) is 3.01. The van der Waals surface area contributed by atoms with Crippen molar-refractivity contribution in [3.63, 3.8) is 0 Å². The summed E-state index contributed by atoms with van der Waals surface area (Å²) in [5.74, 6) is 0. The van der Waals surface area contributed by atoms with Crippen LogP contribution < -0.4 is 10.6 Å². The fourth-order valence-electron chi connectivity index (χ4n) is 1.49. The van der Waals surface area contributed by atoms with Crippen LogP contribution in [0.1, 0.15) is 24.2 Å². The van der Waals surface area contributed by atoms with Gasteiger partial charge < -0.3 is 10.6 Å². The summed E-state index contributed by atoms with van der Waals surface area (Å²) in [4.78, 5) is 10.6. The van der Waals surface area contributed by atoms with Crippen molar-refractivity contribution in [2.75, 3.05) is 11.9 Å². The molecular formula is C12H16N4S. The van der Waals surface area contributed by atoms with E-state index in [-0.39, 0.29) is 6.04 Å². The first kappa shape index (κ1) is 12.0. The van der Waals surface area contributed by atoms with Crippen molar-refractivity contribution in [3.05, 3.63) is 41.2 Å². The Morgan fingerprint density at radius 3 is 2.71 bits per heavy atom. The predicted molar refractivity (Wildman–Crippen MR) is 71.1 cm³/mol. The van der Waals surface area contributed by atoms with Crippen LogP contribution in [-0.2, 0) is 6.54 Å². The quantitative estimate of drug-likeness (QED) is 0.901. The first-order chi connectivity index (χ1) is 8.16. The molecule has 0 saturated heterocycles. The monoisotopic (exact) mass is 248 g/mol. The van der Waals surface area contributed by atoms with Gasteiger partial charge in [0.05, 0.1) is 5.69 Å². The zero-order valence-corrected chi connectivity index (χ0v) is 10.8. The van der Waals surface area contributed by atoms with Crippen molar-refractivity contribution in [1.82, 2.24) is 9.97 Å². The molecule has 17 heavy (non-hydrogen) atoms. The summed E-state index contributed by atoms with van der Waals surface area (Å²) < 4.78 is 0. The number of nitrogens with zero attached hydrogens (tertiary/aromatic N) is 3. The molecule has 0 radical (unpaired) electrons. The molecule has 0 amide bonds. The second-order valence-corrected chi connectivity index (χ2v) is 4.89. The van der Waals surface area contributed by atoms with Gasteiger partial charge >= 0.3 is 0 Å². The third-order valence-electron chi connectivity index (χ3n) is 2.47. The maximum Gasteiger partial charge on any atom is 0.185 e. The van der Waals surface area contributed by atoms with Gasteiger partial charge in [-0.05, 0) is 24.6 Å². The van der Waals surface area contributed by atoms with Crippen molar-refractivity contribution >= 4 is 16.5 Å². The highest BCUT2D eigenvalue weighted by atomic mass is 32.1. The molecule has 0 saturated carbocycles. The zero-order valence-electron chi connectivity index (χ0n) is 10.00. The van der Waals surface area contributed by atoms with Crippen LogP contribution in [-0.4, -0.2) is 17.0 Å². The highest BCUT2D eigenvalue weighted by molar-refractivity contribution is 7.13. The predicted octanol–water partition coefficient (Wildman–Crippen LogP) is 2.19. The first-order valence-corrected chi connectivity index (χ1v) is 6.36.